The zero-order chi connectivity index (χ0) is 25.5. The lowest BCUT2D eigenvalue weighted by Crippen LogP contribution is -2.38. The van der Waals surface area contributed by atoms with Gasteiger partial charge in [-0.05, 0) is 50.5 Å². The minimum Gasteiger partial charge on any atom is -0.494 e. The molecule has 1 N–H and O–H groups in total. The third-order valence-electron chi connectivity index (χ3n) is 6.29. The third kappa shape index (κ3) is 6.37. The quantitative estimate of drug-likeness (QED) is 0.413. The average Bonchev–Trinajstić information content (AvgIpc) is 3.39. The van der Waals surface area contributed by atoms with E-state index in [1.807, 2.05) is 60.4 Å². The van der Waals surface area contributed by atoms with E-state index in [0.717, 1.165) is 40.4 Å². The number of amides is 2. The molecule has 8 heteroatoms. The predicted octanol–water partition coefficient (Wildman–Crippen LogP) is 5.54. The van der Waals surface area contributed by atoms with Crippen LogP contribution < -0.4 is 10.1 Å². The summed E-state index contributed by atoms with van der Waals surface area (Å²) in [6, 6.07) is 15.5. The Morgan fingerprint density at radius 2 is 1.78 bits per heavy atom. The first-order valence-electron chi connectivity index (χ1n) is 12.3. The second-order valence-electron chi connectivity index (χ2n) is 8.89. The molecule has 0 unspecified atom stereocenters. The summed E-state index contributed by atoms with van der Waals surface area (Å²) in [5.74, 6) is 0.865. The number of aromatic nitrogens is 1. The summed E-state index contributed by atoms with van der Waals surface area (Å²) in [5, 5.41) is 5.75. The van der Waals surface area contributed by atoms with Gasteiger partial charge in [0.2, 0.25) is 5.91 Å². The average molecular weight is 506 g/mol. The van der Waals surface area contributed by atoms with Crippen molar-refractivity contribution in [2.45, 2.75) is 45.4 Å². The Labute approximate surface area is 215 Å². The van der Waals surface area contributed by atoms with Crippen LogP contribution in [-0.2, 0) is 9.59 Å². The molecule has 2 aromatic carbocycles. The monoisotopic (exact) mass is 505 g/mol. The number of rotatable bonds is 9. The van der Waals surface area contributed by atoms with Crippen LogP contribution in [0.3, 0.4) is 0 Å². The number of carbonyl (C=O) groups excluding carboxylic acids is 3. The van der Waals surface area contributed by atoms with E-state index in [9.17, 15) is 14.4 Å². The van der Waals surface area contributed by atoms with Gasteiger partial charge in [0.05, 0.1) is 11.6 Å². The van der Waals surface area contributed by atoms with Crippen molar-refractivity contribution in [3.63, 3.8) is 0 Å². The topological polar surface area (TPSA) is 88.6 Å². The molecule has 1 fully saturated rings. The molecular weight excluding hydrogens is 474 g/mol. The van der Waals surface area contributed by atoms with Crippen molar-refractivity contribution in [1.29, 1.82) is 0 Å². The number of para-hydroxylation sites is 1. The fourth-order valence-electron chi connectivity index (χ4n) is 4.32. The number of piperidine rings is 1. The van der Waals surface area contributed by atoms with Crippen LogP contribution in [-0.4, -0.2) is 47.2 Å². The van der Waals surface area contributed by atoms with E-state index < -0.39 is 0 Å². The number of thiazole rings is 1. The number of Topliss-reactive ketones (excluding diaryl/α,β-unsaturated/α-hetero) is 1. The molecule has 0 radical (unpaired) electrons. The van der Waals surface area contributed by atoms with Crippen LogP contribution in [0.4, 0.5) is 5.69 Å². The van der Waals surface area contributed by atoms with Crippen LogP contribution in [0.15, 0.2) is 53.9 Å². The zero-order valence-corrected chi connectivity index (χ0v) is 21.5. The highest BCUT2D eigenvalue weighted by Gasteiger charge is 2.26. The first kappa shape index (κ1) is 25.6. The van der Waals surface area contributed by atoms with Crippen LogP contribution in [0.25, 0.3) is 11.1 Å². The first-order valence-corrected chi connectivity index (χ1v) is 13.2. The molecule has 0 bridgehead atoms. The van der Waals surface area contributed by atoms with Gasteiger partial charge in [-0.2, -0.15) is 0 Å². The number of carbonyl (C=O) groups is 3. The van der Waals surface area contributed by atoms with Gasteiger partial charge >= 0.3 is 0 Å². The molecule has 1 aromatic heterocycles. The molecule has 0 spiro atoms. The molecule has 0 atom stereocenters. The molecule has 1 aliphatic rings. The van der Waals surface area contributed by atoms with Crippen molar-refractivity contribution in [1.82, 2.24) is 9.88 Å². The molecule has 0 aliphatic carbocycles. The Balaban J connectivity index is 1.38. The van der Waals surface area contributed by atoms with E-state index in [0.29, 0.717) is 31.8 Å². The lowest BCUT2D eigenvalue weighted by molar-refractivity contribution is -0.133. The molecule has 3 aromatic rings. The molecule has 36 heavy (non-hydrogen) atoms. The number of nitrogens with one attached hydrogen (secondary N) is 1. The lowest BCUT2D eigenvalue weighted by atomic mass is 9.97. The summed E-state index contributed by atoms with van der Waals surface area (Å²) in [4.78, 5) is 42.9. The van der Waals surface area contributed by atoms with Crippen molar-refractivity contribution in [2.75, 3.05) is 25.0 Å². The summed E-state index contributed by atoms with van der Waals surface area (Å²) in [5.41, 5.74) is 3.03. The lowest BCUT2D eigenvalue weighted by Gasteiger charge is -2.31. The largest absolute Gasteiger partial charge is 0.494 e. The molecule has 1 saturated heterocycles. The van der Waals surface area contributed by atoms with Crippen LogP contribution in [0.2, 0.25) is 0 Å². The third-order valence-corrected chi connectivity index (χ3v) is 7.30. The molecule has 0 saturated carbocycles. The molecular formula is C28H31N3O4S. The number of hydrogen-bond acceptors (Lipinski definition) is 6. The molecule has 1 aliphatic heterocycles. The van der Waals surface area contributed by atoms with Crippen molar-refractivity contribution >= 4 is 34.6 Å². The summed E-state index contributed by atoms with van der Waals surface area (Å²) in [7, 11) is 0. The number of ketones is 1. The Hall–Kier alpha value is -3.52. The highest BCUT2D eigenvalue weighted by molar-refractivity contribution is 7.10. The van der Waals surface area contributed by atoms with Gasteiger partial charge in [0.25, 0.3) is 5.91 Å². The fourth-order valence-corrected chi connectivity index (χ4v) is 5.30. The molecule has 4 rings (SSSR count). The SMILES string of the molecule is CCOc1ccc(-c2ccccc2NC(=O)c2csc(C3CCN(C(=O)CCC(C)=O)CC3)n2)cc1. The van der Waals surface area contributed by atoms with Gasteiger partial charge in [-0.3, -0.25) is 9.59 Å². The smallest absolute Gasteiger partial charge is 0.275 e. The maximum atomic E-state index is 13.0. The minimum absolute atomic E-state index is 0.0360. The molecule has 2 heterocycles. The van der Waals surface area contributed by atoms with Crippen LogP contribution in [0.5, 0.6) is 5.75 Å². The fraction of sp³-hybridized carbons (Fsp3) is 0.357. The van der Waals surface area contributed by atoms with E-state index in [-0.39, 0.29) is 29.9 Å². The van der Waals surface area contributed by atoms with E-state index in [2.05, 4.69) is 10.3 Å². The highest BCUT2D eigenvalue weighted by atomic mass is 32.1. The summed E-state index contributed by atoms with van der Waals surface area (Å²) in [6.45, 7) is 5.37. The molecule has 188 valence electrons. The Morgan fingerprint density at radius 1 is 1.06 bits per heavy atom. The normalized spacial score (nSPS) is 13.9. The van der Waals surface area contributed by atoms with Crippen molar-refractivity contribution in [3.8, 4) is 16.9 Å². The van der Waals surface area contributed by atoms with Crippen LogP contribution in [0.1, 0.15) is 60.9 Å². The van der Waals surface area contributed by atoms with Gasteiger partial charge in [-0.1, -0.05) is 30.3 Å². The molecule has 2 amide bonds. The van der Waals surface area contributed by atoms with Crippen molar-refractivity contribution in [2.24, 2.45) is 0 Å². The van der Waals surface area contributed by atoms with Gasteiger partial charge in [0.15, 0.2) is 0 Å². The number of ether oxygens (including phenoxy) is 1. The first-order chi connectivity index (χ1) is 17.4. The Bertz CT molecular complexity index is 1210. The van der Waals surface area contributed by atoms with Crippen molar-refractivity contribution in [3.05, 3.63) is 64.6 Å². The van der Waals surface area contributed by atoms with Gasteiger partial charge in [0.1, 0.15) is 17.2 Å². The van der Waals surface area contributed by atoms with E-state index in [1.165, 1.54) is 18.3 Å². The molecule has 7 nitrogen and oxygen atoms in total. The van der Waals surface area contributed by atoms with Gasteiger partial charge < -0.3 is 19.7 Å². The van der Waals surface area contributed by atoms with Gasteiger partial charge in [0, 0.05) is 48.5 Å². The Morgan fingerprint density at radius 3 is 2.47 bits per heavy atom. The second-order valence-corrected chi connectivity index (χ2v) is 9.77. The Kier molecular flexibility index (Phi) is 8.48. The van der Waals surface area contributed by atoms with E-state index in [4.69, 9.17) is 4.74 Å². The second kappa shape index (κ2) is 11.9. The minimum atomic E-state index is -0.243. The summed E-state index contributed by atoms with van der Waals surface area (Å²) in [6.07, 6.45) is 2.19. The zero-order valence-electron chi connectivity index (χ0n) is 20.7. The van der Waals surface area contributed by atoms with Crippen LogP contribution >= 0.6 is 11.3 Å². The number of hydrogen-bond donors (Lipinski definition) is 1. The summed E-state index contributed by atoms with van der Waals surface area (Å²) >= 11 is 1.49. The van der Waals surface area contributed by atoms with Gasteiger partial charge in [-0.25, -0.2) is 4.98 Å². The highest BCUT2D eigenvalue weighted by Crippen LogP contribution is 2.32. The maximum absolute atomic E-state index is 13.0. The number of anilines is 1. The summed E-state index contributed by atoms with van der Waals surface area (Å²) < 4.78 is 5.53. The van der Waals surface area contributed by atoms with E-state index in [1.54, 1.807) is 5.38 Å². The number of benzene rings is 2. The van der Waals surface area contributed by atoms with Crippen molar-refractivity contribution < 1.29 is 19.1 Å². The maximum Gasteiger partial charge on any atom is 0.275 e. The van der Waals surface area contributed by atoms with Gasteiger partial charge in [-0.15, -0.1) is 11.3 Å². The standard InChI is InChI=1S/C28H31N3O4S/c1-3-35-22-11-9-20(10-12-22)23-6-4-5-7-24(23)29-27(34)25-18-36-28(30-25)21-14-16-31(17-15-21)26(33)13-8-19(2)32/h4-7,9-12,18,21H,3,8,13-17H2,1-2H3,(H,29,34). The van der Waals surface area contributed by atoms with Crippen LogP contribution in [0, 0.1) is 0 Å². The number of nitrogens with zero attached hydrogens (tertiary/aromatic N) is 2. The number of likely N-dealkylation sites (tertiary alicyclic amines) is 1. The predicted molar refractivity (Wildman–Crippen MR) is 142 cm³/mol. The van der Waals surface area contributed by atoms with E-state index >= 15 is 0 Å².